The second-order valence-electron chi connectivity index (χ2n) is 4.51. The summed E-state index contributed by atoms with van der Waals surface area (Å²) in [7, 11) is 1.87. The Labute approximate surface area is 99.6 Å². The normalized spacial score (nSPS) is 18.8. The van der Waals surface area contributed by atoms with E-state index in [1.807, 2.05) is 18.1 Å². The second kappa shape index (κ2) is 5.44. The van der Waals surface area contributed by atoms with Gasteiger partial charge in [0.1, 0.15) is 0 Å². The van der Waals surface area contributed by atoms with Gasteiger partial charge in [-0.1, -0.05) is 0 Å². The molecule has 0 bridgehead atoms. The Kier molecular flexibility index (Phi) is 3.93. The number of aryl methyl sites for hydroxylation is 1. The van der Waals surface area contributed by atoms with Crippen molar-refractivity contribution in [1.82, 2.24) is 14.7 Å². The van der Waals surface area contributed by atoms with Crippen molar-refractivity contribution < 1.29 is 8.78 Å². The molecule has 17 heavy (non-hydrogen) atoms. The van der Waals surface area contributed by atoms with Gasteiger partial charge < -0.3 is 5.32 Å². The predicted molar refractivity (Wildman–Crippen MR) is 62.3 cm³/mol. The molecule has 0 atom stereocenters. The number of hydrogen-bond acceptors (Lipinski definition) is 3. The van der Waals surface area contributed by atoms with Gasteiger partial charge in [-0.15, -0.1) is 0 Å². The van der Waals surface area contributed by atoms with Crippen LogP contribution in [0, 0.1) is 0 Å². The summed E-state index contributed by atoms with van der Waals surface area (Å²) in [6.07, 6.45) is 3.29. The van der Waals surface area contributed by atoms with Gasteiger partial charge in [0.25, 0.3) is 6.43 Å². The Hall–Kier alpha value is -1.17. The lowest BCUT2D eigenvalue weighted by Gasteiger charge is -2.32. The number of nitrogens with one attached hydrogen (secondary N) is 1. The number of likely N-dealkylation sites (tertiary alicyclic amines) is 1. The lowest BCUT2D eigenvalue weighted by Crippen LogP contribution is -2.41. The number of halogens is 2. The molecule has 2 rings (SSSR count). The van der Waals surface area contributed by atoms with Crippen LogP contribution in [0.3, 0.4) is 0 Å². The van der Waals surface area contributed by atoms with Crippen molar-refractivity contribution >= 4 is 5.69 Å². The van der Waals surface area contributed by atoms with Crippen LogP contribution >= 0.6 is 0 Å². The summed E-state index contributed by atoms with van der Waals surface area (Å²) in [4.78, 5) is 1.83. The first-order chi connectivity index (χ1) is 8.13. The third-order valence-corrected chi connectivity index (χ3v) is 3.06. The number of rotatable bonds is 4. The number of aromatic nitrogens is 2. The van der Waals surface area contributed by atoms with Gasteiger partial charge in [-0.3, -0.25) is 9.58 Å². The standard InChI is InChI=1S/C11H18F2N4/c1-16-7-10(6-14-16)15-9-2-4-17(5-3-9)8-11(12)13/h6-7,9,11,15H,2-5,8H2,1H3. The summed E-state index contributed by atoms with van der Waals surface area (Å²) in [5.74, 6) is 0. The van der Waals surface area contributed by atoms with Crippen molar-refractivity contribution in [2.24, 2.45) is 7.05 Å². The number of anilines is 1. The number of hydrogen-bond donors (Lipinski definition) is 1. The molecular weight excluding hydrogens is 226 g/mol. The van der Waals surface area contributed by atoms with Crippen LogP contribution in [-0.2, 0) is 7.05 Å². The molecule has 0 spiro atoms. The molecule has 0 unspecified atom stereocenters. The molecule has 1 fully saturated rings. The van der Waals surface area contributed by atoms with Crippen molar-refractivity contribution in [1.29, 1.82) is 0 Å². The van der Waals surface area contributed by atoms with Crippen LogP contribution in [0.15, 0.2) is 12.4 Å². The average Bonchev–Trinajstić information content (AvgIpc) is 2.66. The summed E-state index contributed by atoms with van der Waals surface area (Å²) < 4.78 is 26.1. The molecule has 96 valence electrons. The molecule has 4 nitrogen and oxygen atoms in total. The quantitative estimate of drug-likeness (QED) is 0.872. The van der Waals surface area contributed by atoms with Crippen LogP contribution < -0.4 is 5.32 Å². The number of nitrogens with zero attached hydrogens (tertiary/aromatic N) is 3. The van der Waals surface area contributed by atoms with Crippen molar-refractivity contribution in [2.75, 3.05) is 25.0 Å². The molecule has 0 amide bonds. The Bertz CT molecular complexity index is 345. The van der Waals surface area contributed by atoms with E-state index >= 15 is 0 Å². The van der Waals surface area contributed by atoms with Crippen LogP contribution in [-0.4, -0.2) is 46.8 Å². The molecule has 2 heterocycles. The van der Waals surface area contributed by atoms with Gasteiger partial charge in [-0.05, 0) is 12.8 Å². The van der Waals surface area contributed by atoms with Crippen LogP contribution in [0.4, 0.5) is 14.5 Å². The molecule has 0 aromatic carbocycles. The van der Waals surface area contributed by atoms with Crippen molar-refractivity contribution in [3.63, 3.8) is 0 Å². The summed E-state index contributed by atoms with van der Waals surface area (Å²) >= 11 is 0. The first kappa shape index (κ1) is 12.3. The van der Waals surface area contributed by atoms with E-state index in [4.69, 9.17) is 0 Å². The van der Waals surface area contributed by atoms with Crippen molar-refractivity contribution in [3.8, 4) is 0 Å². The molecule has 0 aliphatic carbocycles. The highest BCUT2D eigenvalue weighted by atomic mass is 19.3. The summed E-state index contributed by atoms with van der Waals surface area (Å²) in [5.41, 5.74) is 1.000. The van der Waals surface area contributed by atoms with Gasteiger partial charge in [0.2, 0.25) is 0 Å². The fourth-order valence-corrected chi connectivity index (χ4v) is 2.19. The van der Waals surface area contributed by atoms with Crippen LogP contribution in [0.25, 0.3) is 0 Å². The minimum Gasteiger partial charge on any atom is -0.380 e. The zero-order valence-corrected chi connectivity index (χ0v) is 9.94. The Morgan fingerprint density at radius 3 is 2.71 bits per heavy atom. The predicted octanol–water partition coefficient (Wildman–Crippen LogP) is 1.56. The van der Waals surface area contributed by atoms with Crippen LogP contribution in [0.5, 0.6) is 0 Å². The molecule has 1 aromatic rings. The fraction of sp³-hybridized carbons (Fsp3) is 0.727. The van der Waals surface area contributed by atoms with E-state index in [1.165, 1.54) is 0 Å². The molecular formula is C11H18F2N4. The van der Waals surface area contributed by atoms with Crippen molar-refractivity contribution in [3.05, 3.63) is 12.4 Å². The second-order valence-corrected chi connectivity index (χ2v) is 4.51. The van der Waals surface area contributed by atoms with Gasteiger partial charge in [0, 0.05) is 32.4 Å². The molecule has 1 N–H and O–H groups in total. The minimum absolute atomic E-state index is 0.0976. The third kappa shape index (κ3) is 3.66. The number of piperidine rings is 1. The van der Waals surface area contributed by atoms with Gasteiger partial charge in [-0.25, -0.2) is 8.78 Å². The Morgan fingerprint density at radius 1 is 1.47 bits per heavy atom. The lowest BCUT2D eigenvalue weighted by atomic mass is 10.1. The first-order valence-electron chi connectivity index (χ1n) is 5.89. The van der Waals surface area contributed by atoms with E-state index in [-0.39, 0.29) is 6.54 Å². The van der Waals surface area contributed by atoms with E-state index < -0.39 is 6.43 Å². The maximum Gasteiger partial charge on any atom is 0.251 e. The topological polar surface area (TPSA) is 33.1 Å². The molecule has 1 aromatic heterocycles. The van der Waals surface area contributed by atoms with E-state index in [2.05, 4.69) is 10.4 Å². The smallest absolute Gasteiger partial charge is 0.251 e. The van der Waals surface area contributed by atoms with E-state index in [0.717, 1.165) is 31.6 Å². The van der Waals surface area contributed by atoms with Crippen LogP contribution in [0.2, 0.25) is 0 Å². The lowest BCUT2D eigenvalue weighted by molar-refractivity contribution is 0.0769. The first-order valence-corrected chi connectivity index (χ1v) is 5.89. The summed E-state index contributed by atoms with van der Waals surface area (Å²) in [5, 5.41) is 7.46. The van der Waals surface area contributed by atoms with Crippen LogP contribution in [0.1, 0.15) is 12.8 Å². The minimum atomic E-state index is -2.22. The molecule has 1 aliphatic heterocycles. The summed E-state index contributed by atoms with van der Waals surface area (Å²) in [6.45, 7) is 1.38. The largest absolute Gasteiger partial charge is 0.380 e. The maximum absolute atomic E-state index is 12.2. The fourth-order valence-electron chi connectivity index (χ4n) is 2.19. The zero-order valence-electron chi connectivity index (χ0n) is 9.94. The molecule has 0 saturated carbocycles. The molecule has 1 saturated heterocycles. The van der Waals surface area contributed by atoms with Gasteiger partial charge in [0.15, 0.2) is 0 Å². The van der Waals surface area contributed by atoms with Gasteiger partial charge in [-0.2, -0.15) is 5.10 Å². The SMILES string of the molecule is Cn1cc(NC2CCN(CC(F)F)CC2)cn1. The average molecular weight is 244 g/mol. The highest BCUT2D eigenvalue weighted by molar-refractivity contribution is 5.39. The Balaban J connectivity index is 1.75. The zero-order chi connectivity index (χ0) is 12.3. The highest BCUT2D eigenvalue weighted by Crippen LogP contribution is 2.16. The maximum atomic E-state index is 12.2. The Morgan fingerprint density at radius 2 is 2.18 bits per heavy atom. The van der Waals surface area contributed by atoms with E-state index in [1.54, 1.807) is 10.9 Å². The molecule has 6 heteroatoms. The van der Waals surface area contributed by atoms with Gasteiger partial charge in [0.05, 0.1) is 18.4 Å². The highest BCUT2D eigenvalue weighted by Gasteiger charge is 2.21. The summed E-state index contributed by atoms with van der Waals surface area (Å²) in [6, 6.07) is 0.369. The monoisotopic (exact) mass is 244 g/mol. The van der Waals surface area contributed by atoms with Gasteiger partial charge >= 0.3 is 0 Å². The van der Waals surface area contributed by atoms with E-state index in [0.29, 0.717) is 6.04 Å². The number of alkyl halides is 2. The van der Waals surface area contributed by atoms with E-state index in [9.17, 15) is 8.78 Å². The molecule has 0 radical (unpaired) electrons. The van der Waals surface area contributed by atoms with Crippen molar-refractivity contribution in [2.45, 2.75) is 25.3 Å². The molecule has 1 aliphatic rings. The third-order valence-electron chi connectivity index (χ3n) is 3.06.